The van der Waals surface area contributed by atoms with Gasteiger partial charge in [-0.25, -0.2) is 0 Å². The summed E-state index contributed by atoms with van der Waals surface area (Å²) >= 11 is 5.77. The molecule has 1 heterocycles. The van der Waals surface area contributed by atoms with Crippen molar-refractivity contribution in [2.75, 3.05) is 32.8 Å². The lowest BCUT2D eigenvalue weighted by molar-refractivity contribution is -0.141. The Balaban J connectivity index is 1.69. The number of nitrogens with one attached hydrogen (secondary N) is 2. The first kappa shape index (κ1) is 21.3. The van der Waals surface area contributed by atoms with E-state index in [2.05, 4.69) is 5.32 Å². The first-order chi connectivity index (χ1) is 12.7. The second-order valence-electron chi connectivity index (χ2n) is 6.11. The van der Waals surface area contributed by atoms with E-state index in [1.54, 1.807) is 29.2 Å². The van der Waals surface area contributed by atoms with E-state index in [1.165, 1.54) is 0 Å². The Labute approximate surface area is 160 Å². The normalized spacial score (nSPS) is 17.6. The molecule has 1 aromatic rings. The van der Waals surface area contributed by atoms with Crippen molar-refractivity contribution in [1.29, 1.82) is 0 Å². The summed E-state index contributed by atoms with van der Waals surface area (Å²) in [6.45, 7) is -0.419. The van der Waals surface area contributed by atoms with E-state index in [1.807, 2.05) is 5.32 Å². The van der Waals surface area contributed by atoms with E-state index in [0.29, 0.717) is 30.2 Å². The van der Waals surface area contributed by atoms with Crippen molar-refractivity contribution in [2.45, 2.75) is 25.1 Å². The second-order valence-corrected chi connectivity index (χ2v) is 6.55. The molecular formula is C17H21ClF3N3O3. The number of nitrogens with zero attached hydrogens (tertiary/aromatic N) is 1. The molecule has 0 aromatic heterocycles. The van der Waals surface area contributed by atoms with Gasteiger partial charge in [-0.05, 0) is 43.7 Å². The van der Waals surface area contributed by atoms with Crippen molar-refractivity contribution >= 4 is 23.4 Å². The van der Waals surface area contributed by atoms with Gasteiger partial charge in [-0.3, -0.25) is 14.5 Å². The fourth-order valence-electron chi connectivity index (χ4n) is 2.75. The van der Waals surface area contributed by atoms with Crippen molar-refractivity contribution in [3.05, 3.63) is 29.3 Å². The topological polar surface area (TPSA) is 70.7 Å². The Kier molecular flexibility index (Phi) is 7.73. The zero-order valence-electron chi connectivity index (χ0n) is 14.5. The van der Waals surface area contributed by atoms with Crippen LogP contribution in [0.2, 0.25) is 5.02 Å². The van der Waals surface area contributed by atoms with Crippen LogP contribution < -0.4 is 15.4 Å². The minimum atomic E-state index is -4.46. The van der Waals surface area contributed by atoms with E-state index in [-0.39, 0.29) is 25.6 Å². The number of benzene rings is 1. The molecule has 1 aromatic carbocycles. The van der Waals surface area contributed by atoms with Gasteiger partial charge in [0.1, 0.15) is 18.9 Å². The lowest BCUT2D eigenvalue weighted by Crippen LogP contribution is -2.49. The zero-order chi connectivity index (χ0) is 19.9. The summed E-state index contributed by atoms with van der Waals surface area (Å²) in [7, 11) is 0. The van der Waals surface area contributed by atoms with Crippen molar-refractivity contribution in [1.82, 2.24) is 15.5 Å². The van der Waals surface area contributed by atoms with Crippen LogP contribution >= 0.6 is 11.6 Å². The third-order valence-corrected chi connectivity index (χ3v) is 4.23. The SMILES string of the molecule is O=C(CN1CCCC1C(=O)NCC(F)(F)F)NCCOc1ccc(Cl)cc1. The number of likely N-dealkylation sites (tertiary alicyclic amines) is 1. The lowest BCUT2D eigenvalue weighted by atomic mass is 10.2. The number of hydrogen-bond donors (Lipinski definition) is 2. The smallest absolute Gasteiger partial charge is 0.405 e. The van der Waals surface area contributed by atoms with Gasteiger partial charge in [0.2, 0.25) is 11.8 Å². The third kappa shape index (κ3) is 7.64. The number of amides is 2. The largest absolute Gasteiger partial charge is 0.492 e. The summed E-state index contributed by atoms with van der Waals surface area (Å²) < 4.78 is 42.1. The molecule has 6 nitrogen and oxygen atoms in total. The van der Waals surface area contributed by atoms with Gasteiger partial charge >= 0.3 is 6.18 Å². The van der Waals surface area contributed by atoms with Crippen LogP contribution in [0, 0.1) is 0 Å². The fraction of sp³-hybridized carbons (Fsp3) is 0.529. The van der Waals surface area contributed by atoms with Crippen LogP contribution in [0.4, 0.5) is 13.2 Å². The van der Waals surface area contributed by atoms with Crippen LogP contribution in [-0.4, -0.2) is 61.7 Å². The number of carbonyl (C=O) groups excluding carboxylic acids is 2. The molecule has 10 heteroatoms. The summed E-state index contributed by atoms with van der Waals surface area (Å²) in [6.07, 6.45) is -3.38. The highest BCUT2D eigenvalue weighted by Gasteiger charge is 2.34. The highest BCUT2D eigenvalue weighted by atomic mass is 35.5. The van der Waals surface area contributed by atoms with Gasteiger partial charge in [-0.15, -0.1) is 0 Å². The van der Waals surface area contributed by atoms with Gasteiger partial charge in [-0.1, -0.05) is 11.6 Å². The van der Waals surface area contributed by atoms with Crippen LogP contribution in [0.25, 0.3) is 0 Å². The van der Waals surface area contributed by atoms with Crippen molar-refractivity contribution in [3.63, 3.8) is 0 Å². The predicted molar refractivity (Wildman–Crippen MR) is 93.6 cm³/mol. The monoisotopic (exact) mass is 407 g/mol. The highest BCUT2D eigenvalue weighted by Crippen LogP contribution is 2.18. The summed E-state index contributed by atoms with van der Waals surface area (Å²) in [6, 6.07) is 6.07. The molecule has 1 fully saturated rings. The van der Waals surface area contributed by atoms with Crippen molar-refractivity contribution in [3.8, 4) is 5.75 Å². The Hall–Kier alpha value is -2.00. The Morgan fingerprint density at radius 1 is 1.22 bits per heavy atom. The molecule has 0 aliphatic carbocycles. The second kappa shape index (κ2) is 9.80. The number of rotatable bonds is 8. The van der Waals surface area contributed by atoms with E-state index in [4.69, 9.17) is 16.3 Å². The summed E-state index contributed by atoms with van der Waals surface area (Å²) in [5.41, 5.74) is 0. The maximum absolute atomic E-state index is 12.2. The van der Waals surface area contributed by atoms with E-state index < -0.39 is 24.7 Å². The molecule has 1 atom stereocenters. The molecule has 1 aliphatic rings. The molecule has 0 radical (unpaired) electrons. The van der Waals surface area contributed by atoms with Crippen LogP contribution in [0.3, 0.4) is 0 Å². The fourth-order valence-corrected chi connectivity index (χ4v) is 2.87. The molecule has 150 valence electrons. The average molecular weight is 408 g/mol. The molecular weight excluding hydrogens is 387 g/mol. The molecule has 1 aliphatic heterocycles. The van der Waals surface area contributed by atoms with Crippen LogP contribution in [0.1, 0.15) is 12.8 Å². The molecule has 0 saturated carbocycles. The van der Waals surface area contributed by atoms with Crippen LogP contribution in [-0.2, 0) is 9.59 Å². The minimum absolute atomic E-state index is 0.0505. The molecule has 2 rings (SSSR count). The van der Waals surface area contributed by atoms with Crippen molar-refractivity contribution in [2.24, 2.45) is 0 Å². The first-order valence-corrected chi connectivity index (χ1v) is 8.86. The van der Waals surface area contributed by atoms with Crippen LogP contribution in [0.5, 0.6) is 5.75 Å². The molecule has 1 saturated heterocycles. The maximum atomic E-state index is 12.2. The van der Waals surface area contributed by atoms with Gasteiger partial charge < -0.3 is 15.4 Å². The Bertz CT molecular complexity index is 641. The van der Waals surface area contributed by atoms with Gasteiger partial charge in [-0.2, -0.15) is 13.2 Å². The molecule has 0 spiro atoms. The first-order valence-electron chi connectivity index (χ1n) is 8.48. The zero-order valence-corrected chi connectivity index (χ0v) is 15.3. The number of halogens is 4. The van der Waals surface area contributed by atoms with Gasteiger partial charge in [0, 0.05) is 5.02 Å². The van der Waals surface area contributed by atoms with Crippen molar-refractivity contribution < 1.29 is 27.5 Å². The Morgan fingerprint density at radius 3 is 2.59 bits per heavy atom. The minimum Gasteiger partial charge on any atom is -0.492 e. The standard InChI is InChI=1S/C17H21ClF3N3O3/c18-12-3-5-13(6-4-12)27-9-7-22-15(25)10-24-8-1-2-14(24)16(26)23-11-17(19,20)21/h3-6,14H,1-2,7-11H2,(H,22,25)(H,23,26). The molecule has 27 heavy (non-hydrogen) atoms. The van der Waals surface area contributed by atoms with Crippen LogP contribution in [0.15, 0.2) is 24.3 Å². The number of hydrogen-bond acceptors (Lipinski definition) is 4. The quantitative estimate of drug-likeness (QED) is 0.646. The molecule has 2 amide bonds. The summed E-state index contributed by atoms with van der Waals surface area (Å²) in [5, 5.41) is 5.13. The predicted octanol–water partition coefficient (Wildman–Crippen LogP) is 1.98. The molecule has 0 bridgehead atoms. The average Bonchev–Trinajstić information content (AvgIpc) is 3.05. The lowest BCUT2D eigenvalue weighted by Gasteiger charge is -2.23. The van der Waals surface area contributed by atoms with Gasteiger partial charge in [0.15, 0.2) is 0 Å². The van der Waals surface area contributed by atoms with Gasteiger partial charge in [0.25, 0.3) is 0 Å². The Morgan fingerprint density at radius 2 is 1.93 bits per heavy atom. The number of carbonyl (C=O) groups is 2. The maximum Gasteiger partial charge on any atom is 0.405 e. The highest BCUT2D eigenvalue weighted by molar-refractivity contribution is 6.30. The third-order valence-electron chi connectivity index (χ3n) is 3.98. The molecule has 2 N–H and O–H groups in total. The summed E-state index contributed by atoms with van der Waals surface area (Å²) in [5.74, 6) is -0.400. The summed E-state index contributed by atoms with van der Waals surface area (Å²) in [4.78, 5) is 25.5. The number of alkyl halides is 3. The van der Waals surface area contributed by atoms with E-state index in [0.717, 1.165) is 0 Å². The number of ether oxygens (including phenoxy) is 1. The molecule has 1 unspecified atom stereocenters. The van der Waals surface area contributed by atoms with E-state index in [9.17, 15) is 22.8 Å². The van der Waals surface area contributed by atoms with E-state index >= 15 is 0 Å². The van der Waals surface area contributed by atoms with Gasteiger partial charge in [0.05, 0.1) is 19.1 Å².